The van der Waals surface area contributed by atoms with E-state index >= 15 is 0 Å². The van der Waals surface area contributed by atoms with Gasteiger partial charge in [0.1, 0.15) is 5.76 Å². The Morgan fingerprint density at radius 2 is 1.82 bits per heavy atom. The summed E-state index contributed by atoms with van der Waals surface area (Å²) in [5.74, 6) is -1.23. The average molecular weight is 305 g/mol. The molecule has 22 heavy (non-hydrogen) atoms. The van der Waals surface area contributed by atoms with Crippen molar-refractivity contribution < 1.29 is 19.4 Å². The third kappa shape index (κ3) is 5.35. The Labute approximate surface area is 128 Å². The quantitative estimate of drug-likeness (QED) is 0.505. The Bertz CT molecular complexity index is 611. The highest BCUT2D eigenvalue weighted by molar-refractivity contribution is 6.02. The zero-order valence-electron chi connectivity index (χ0n) is 13.0. The van der Waals surface area contributed by atoms with Crippen LogP contribution in [0.2, 0.25) is 0 Å². The lowest BCUT2D eigenvalue weighted by molar-refractivity contribution is -0.117. The van der Waals surface area contributed by atoms with Crippen molar-refractivity contribution >= 4 is 17.7 Å². The first kappa shape index (κ1) is 17.4. The molecule has 0 fully saturated rings. The van der Waals surface area contributed by atoms with Crippen LogP contribution in [0, 0.1) is 13.8 Å². The molecule has 0 unspecified atom stereocenters. The number of aliphatic hydroxyl groups excluding tert-OH is 1. The first-order chi connectivity index (χ1) is 10.3. The summed E-state index contributed by atoms with van der Waals surface area (Å²) in [7, 11) is 0. The van der Waals surface area contributed by atoms with Crippen molar-refractivity contribution in [1.82, 2.24) is 5.32 Å². The van der Waals surface area contributed by atoms with Crippen LogP contribution in [0.3, 0.4) is 0 Å². The number of allylic oxidation sites excluding steroid dienone is 1. The summed E-state index contributed by atoms with van der Waals surface area (Å²) < 4.78 is 4.59. The molecule has 0 heterocycles. The zero-order chi connectivity index (χ0) is 16.7. The molecule has 0 aliphatic rings. The molecule has 0 saturated carbocycles. The molecule has 0 radical (unpaired) electrons. The van der Waals surface area contributed by atoms with Crippen molar-refractivity contribution in [3.8, 4) is 0 Å². The molecule has 2 amide bonds. The molecule has 118 valence electrons. The number of hydrogen-bond donors (Lipinski definition) is 2. The Kier molecular flexibility index (Phi) is 6.25. The van der Waals surface area contributed by atoms with Crippen molar-refractivity contribution in [3.63, 3.8) is 0 Å². The normalized spacial score (nSPS) is 12.0. The molecule has 1 aromatic rings. The number of carbonyl (C=O) groups excluding carboxylic acids is 2. The van der Waals surface area contributed by atoms with Gasteiger partial charge in [0.2, 0.25) is 0 Å². The van der Waals surface area contributed by atoms with Crippen molar-refractivity contribution in [2.75, 3.05) is 6.61 Å². The van der Waals surface area contributed by atoms with Crippen LogP contribution in [0.15, 0.2) is 39.9 Å². The number of nitrogens with zero attached hydrogens (tertiary/aromatic N) is 2. The van der Waals surface area contributed by atoms with Gasteiger partial charge in [0.15, 0.2) is 5.70 Å². The van der Waals surface area contributed by atoms with E-state index in [4.69, 9.17) is 0 Å². The van der Waals surface area contributed by atoms with Gasteiger partial charge in [-0.25, -0.2) is 4.79 Å². The Morgan fingerprint density at radius 3 is 2.32 bits per heavy atom. The summed E-state index contributed by atoms with van der Waals surface area (Å²) in [6.07, 6.45) is -0.909. The number of imide groups is 1. The lowest BCUT2D eigenvalue weighted by Crippen LogP contribution is -2.32. The first-order valence-electron chi connectivity index (χ1n) is 6.71. The lowest BCUT2D eigenvalue weighted by Gasteiger charge is -2.04. The van der Waals surface area contributed by atoms with Gasteiger partial charge in [0, 0.05) is 0 Å². The average Bonchev–Trinajstić information content (AvgIpc) is 2.37. The fourth-order valence-electron chi connectivity index (χ4n) is 1.72. The monoisotopic (exact) mass is 305 g/mol. The lowest BCUT2D eigenvalue weighted by atomic mass is 10.1. The molecule has 0 spiro atoms. The number of rotatable bonds is 4. The molecule has 0 aliphatic heterocycles. The Morgan fingerprint density at radius 1 is 1.23 bits per heavy atom. The SMILES string of the molecule is CCOC(=O)NC(=O)/C(N=Nc1cc(C)cc(C)c1)=C(\C)O. The highest BCUT2D eigenvalue weighted by Crippen LogP contribution is 2.19. The molecule has 7 heteroatoms. The largest absolute Gasteiger partial charge is 0.510 e. The molecule has 0 bridgehead atoms. The first-order valence-corrected chi connectivity index (χ1v) is 6.71. The van der Waals surface area contributed by atoms with E-state index in [1.54, 1.807) is 19.1 Å². The second-order valence-electron chi connectivity index (χ2n) is 4.65. The van der Waals surface area contributed by atoms with E-state index in [1.165, 1.54) is 6.92 Å². The number of carbonyl (C=O) groups is 2. The number of aryl methyl sites for hydroxylation is 2. The molecular formula is C15H19N3O4. The fraction of sp³-hybridized carbons (Fsp3) is 0.333. The number of amides is 2. The van der Waals surface area contributed by atoms with Gasteiger partial charge in [-0.1, -0.05) is 6.07 Å². The van der Waals surface area contributed by atoms with Gasteiger partial charge in [-0.15, -0.1) is 5.11 Å². The second kappa shape index (κ2) is 7.92. The number of azo groups is 1. The minimum atomic E-state index is -0.909. The molecule has 0 aromatic heterocycles. The molecule has 1 rings (SSSR count). The van der Waals surface area contributed by atoms with Crippen molar-refractivity contribution in [1.29, 1.82) is 0 Å². The number of nitrogens with one attached hydrogen (secondary N) is 1. The number of alkyl carbamates (subject to hydrolysis) is 1. The predicted molar refractivity (Wildman–Crippen MR) is 80.9 cm³/mol. The predicted octanol–water partition coefficient (Wildman–Crippen LogP) is 3.45. The van der Waals surface area contributed by atoms with Gasteiger partial charge in [0.25, 0.3) is 5.91 Å². The van der Waals surface area contributed by atoms with Crippen LogP contribution in [0.5, 0.6) is 0 Å². The van der Waals surface area contributed by atoms with E-state index in [0.29, 0.717) is 5.69 Å². The van der Waals surface area contributed by atoms with Crippen LogP contribution in [0.25, 0.3) is 0 Å². The number of ether oxygens (including phenoxy) is 1. The summed E-state index contributed by atoms with van der Waals surface area (Å²) in [4.78, 5) is 23.1. The number of aliphatic hydroxyl groups is 1. The summed E-state index contributed by atoms with van der Waals surface area (Å²) in [6, 6.07) is 5.54. The van der Waals surface area contributed by atoms with E-state index in [9.17, 15) is 14.7 Å². The van der Waals surface area contributed by atoms with Crippen LogP contribution in [0.4, 0.5) is 10.5 Å². The van der Waals surface area contributed by atoms with Crippen LogP contribution in [0.1, 0.15) is 25.0 Å². The van der Waals surface area contributed by atoms with E-state index in [-0.39, 0.29) is 18.1 Å². The van der Waals surface area contributed by atoms with E-state index in [2.05, 4.69) is 15.0 Å². The van der Waals surface area contributed by atoms with Gasteiger partial charge in [0.05, 0.1) is 12.3 Å². The molecule has 1 aromatic carbocycles. The summed E-state index contributed by atoms with van der Waals surface area (Å²) in [5.41, 5.74) is 2.18. The van der Waals surface area contributed by atoms with Crippen LogP contribution < -0.4 is 5.32 Å². The van der Waals surface area contributed by atoms with E-state index in [0.717, 1.165) is 11.1 Å². The molecule has 7 nitrogen and oxygen atoms in total. The second-order valence-corrected chi connectivity index (χ2v) is 4.65. The minimum absolute atomic E-state index is 0.125. The van der Waals surface area contributed by atoms with E-state index < -0.39 is 12.0 Å². The van der Waals surface area contributed by atoms with Crippen LogP contribution >= 0.6 is 0 Å². The zero-order valence-corrected chi connectivity index (χ0v) is 13.0. The van der Waals surface area contributed by atoms with Gasteiger partial charge >= 0.3 is 6.09 Å². The van der Waals surface area contributed by atoms with Crippen molar-refractivity contribution in [2.45, 2.75) is 27.7 Å². The molecule has 0 saturated heterocycles. The Hall–Kier alpha value is -2.70. The minimum Gasteiger partial charge on any atom is -0.510 e. The third-order valence-electron chi connectivity index (χ3n) is 2.52. The maximum atomic E-state index is 11.8. The topological polar surface area (TPSA) is 100 Å². The number of benzene rings is 1. The molecule has 2 N–H and O–H groups in total. The van der Waals surface area contributed by atoms with Gasteiger partial charge in [-0.2, -0.15) is 5.11 Å². The molecule has 0 aliphatic carbocycles. The number of hydrogen-bond acceptors (Lipinski definition) is 6. The highest BCUT2D eigenvalue weighted by Gasteiger charge is 2.16. The molecular weight excluding hydrogens is 286 g/mol. The van der Waals surface area contributed by atoms with Crippen molar-refractivity contribution in [3.05, 3.63) is 40.8 Å². The van der Waals surface area contributed by atoms with Crippen molar-refractivity contribution in [2.24, 2.45) is 10.2 Å². The standard InChI is InChI=1S/C15H19N3O4/c1-5-22-15(21)16-14(20)13(11(4)19)18-17-12-7-9(2)6-10(3)8-12/h6-8,19H,5H2,1-4H3,(H,16,20,21)/b13-11-,18-17?. The summed E-state index contributed by atoms with van der Waals surface area (Å²) in [6.45, 7) is 6.83. The Balaban J connectivity index is 2.93. The smallest absolute Gasteiger partial charge is 0.414 e. The van der Waals surface area contributed by atoms with Gasteiger partial charge in [-0.05, 0) is 51.0 Å². The third-order valence-corrected chi connectivity index (χ3v) is 2.52. The summed E-state index contributed by atoms with van der Waals surface area (Å²) in [5, 5.41) is 19.1. The highest BCUT2D eigenvalue weighted by atomic mass is 16.5. The maximum absolute atomic E-state index is 11.8. The van der Waals surface area contributed by atoms with Gasteiger partial charge in [-0.3, -0.25) is 10.1 Å². The van der Waals surface area contributed by atoms with Crippen LogP contribution in [-0.2, 0) is 9.53 Å². The van der Waals surface area contributed by atoms with E-state index in [1.807, 2.05) is 25.2 Å². The fourth-order valence-corrected chi connectivity index (χ4v) is 1.72. The molecule has 0 atom stereocenters. The van der Waals surface area contributed by atoms with Gasteiger partial charge < -0.3 is 9.84 Å². The summed E-state index contributed by atoms with van der Waals surface area (Å²) >= 11 is 0. The van der Waals surface area contributed by atoms with Crippen LogP contribution in [-0.4, -0.2) is 23.7 Å². The maximum Gasteiger partial charge on any atom is 0.414 e.